The third kappa shape index (κ3) is 4.06. The van der Waals surface area contributed by atoms with Crippen molar-refractivity contribution in [3.05, 3.63) is 12.4 Å². The second kappa shape index (κ2) is 6.17. The average molecular weight is 310 g/mol. The summed E-state index contributed by atoms with van der Waals surface area (Å²) in [5.41, 5.74) is 0. The lowest BCUT2D eigenvalue weighted by Gasteiger charge is -2.23. The quantitative estimate of drug-likeness (QED) is 0.882. The Labute approximate surface area is 125 Å². The van der Waals surface area contributed by atoms with Crippen LogP contribution in [0.4, 0.5) is 11.6 Å². The Balaban J connectivity index is 1.60. The fourth-order valence-electron chi connectivity index (χ4n) is 3.09. The highest BCUT2D eigenvalue weighted by Gasteiger charge is 2.28. The Bertz CT molecular complexity index is 584. The van der Waals surface area contributed by atoms with Crippen LogP contribution in [0.5, 0.6) is 0 Å². The number of nitrogens with zero attached hydrogens (tertiary/aromatic N) is 2. The zero-order valence-electron chi connectivity index (χ0n) is 12.1. The van der Waals surface area contributed by atoms with Gasteiger partial charge in [0.05, 0.1) is 11.5 Å². The van der Waals surface area contributed by atoms with Crippen molar-refractivity contribution in [3.8, 4) is 0 Å². The van der Waals surface area contributed by atoms with Gasteiger partial charge in [-0.3, -0.25) is 0 Å². The first-order valence-corrected chi connectivity index (χ1v) is 9.48. The molecule has 7 heteroatoms. The van der Waals surface area contributed by atoms with E-state index in [1.165, 1.54) is 38.4 Å². The smallest absolute Gasteiger partial charge is 0.152 e. The summed E-state index contributed by atoms with van der Waals surface area (Å²) in [4.78, 5) is 8.44. The highest BCUT2D eigenvalue weighted by molar-refractivity contribution is 7.91. The van der Waals surface area contributed by atoms with Gasteiger partial charge in [-0.25, -0.2) is 18.4 Å². The Kier molecular flexibility index (Phi) is 4.28. The predicted octanol–water partition coefficient (Wildman–Crippen LogP) is 1.82. The molecule has 21 heavy (non-hydrogen) atoms. The van der Waals surface area contributed by atoms with Crippen molar-refractivity contribution in [2.45, 2.75) is 50.6 Å². The van der Waals surface area contributed by atoms with Crippen LogP contribution < -0.4 is 10.6 Å². The van der Waals surface area contributed by atoms with Gasteiger partial charge < -0.3 is 10.6 Å². The molecule has 1 aromatic heterocycles. The van der Waals surface area contributed by atoms with Gasteiger partial charge in [-0.15, -0.1) is 0 Å². The van der Waals surface area contributed by atoms with Crippen LogP contribution in [0.2, 0.25) is 0 Å². The minimum absolute atomic E-state index is 0.0348. The first kappa shape index (κ1) is 14.6. The van der Waals surface area contributed by atoms with Crippen molar-refractivity contribution in [1.82, 2.24) is 9.97 Å². The molecule has 2 N–H and O–H groups in total. The van der Waals surface area contributed by atoms with E-state index in [2.05, 4.69) is 20.6 Å². The van der Waals surface area contributed by atoms with Crippen LogP contribution >= 0.6 is 0 Å². The normalized spacial score (nSPS) is 25.6. The maximum atomic E-state index is 11.5. The third-order valence-corrected chi connectivity index (χ3v) is 5.98. The van der Waals surface area contributed by atoms with E-state index in [0.717, 1.165) is 5.82 Å². The summed E-state index contributed by atoms with van der Waals surface area (Å²) >= 11 is 0. The van der Waals surface area contributed by atoms with Gasteiger partial charge in [0.2, 0.25) is 0 Å². The zero-order chi connectivity index (χ0) is 14.7. The fraction of sp³-hybridized carbons (Fsp3) is 0.714. The van der Waals surface area contributed by atoms with Crippen LogP contribution in [0.15, 0.2) is 12.4 Å². The molecular formula is C14H22N4O2S. The fourth-order valence-corrected chi connectivity index (χ4v) is 4.76. The van der Waals surface area contributed by atoms with Crippen molar-refractivity contribution in [1.29, 1.82) is 0 Å². The average Bonchev–Trinajstić information content (AvgIpc) is 2.79. The Hall–Kier alpha value is -1.37. The molecule has 0 aromatic carbocycles. The molecule has 1 aliphatic carbocycles. The molecule has 2 heterocycles. The van der Waals surface area contributed by atoms with Crippen molar-refractivity contribution < 1.29 is 8.42 Å². The number of hydrogen-bond acceptors (Lipinski definition) is 6. The molecule has 116 valence electrons. The second-order valence-corrected chi connectivity index (χ2v) is 8.24. The molecule has 1 unspecified atom stereocenters. The van der Waals surface area contributed by atoms with E-state index in [9.17, 15) is 8.42 Å². The zero-order valence-corrected chi connectivity index (χ0v) is 12.9. The number of anilines is 2. The van der Waals surface area contributed by atoms with Gasteiger partial charge in [0, 0.05) is 18.2 Å². The van der Waals surface area contributed by atoms with E-state index in [0.29, 0.717) is 18.3 Å². The summed E-state index contributed by atoms with van der Waals surface area (Å²) in [6.45, 7) is 0. The summed E-state index contributed by atoms with van der Waals surface area (Å²) in [6, 6.07) is 2.33. The molecule has 3 rings (SSSR count). The number of rotatable bonds is 4. The summed E-state index contributed by atoms with van der Waals surface area (Å²) in [5.74, 6) is 1.98. The van der Waals surface area contributed by atoms with Gasteiger partial charge in [-0.2, -0.15) is 0 Å². The SMILES string of the molecule is O=S1(=O)CCC(Nc2cc(NC3CCCCC3)ncn2)C1. The van der Waals surface area contributed by atoms with Crippen molar-refractivity contribution in [2.75, 3.05) is 22.1 Å². The molecule has 1 saturated carbocycles. The van der Waals surface area contributed by atoms with Gasteiger partial charge in [0.25, 0.3) is 0 Å². The van der Waals surface area contributed by atoms with Crippen LogP contribution in [0.25, 0.3) is 0 Å². The Morgan fingerprint density at radius 2 is 1.62 bits per heavy atom. The molecule has 2 aliphatic rings. The van der Waals surface area contributed by atoms with Crippen LogP contribution in [0, 0.1) is 0 Å². The van der Waals surface area contributed by atoms with Crippen LogP contribution in [-0.4, -0.2) is 42.0 Å². The van der Waals surface area contributed by atoms with E-state index in [1.807, 2.05) is 6.07 Å². The van der Waals surface area contributed by atoms with Crippen molar-refractivity contribution in [3.63, 3.8) is 0 Å². The molecule has 6 nitrogen and oxygen atoms in total. The molecule has 0 radical (unpaired) electrons. The lowest BCUT2D eigenvalue weighted by atomic mass is 9.95. The summed E-state index contributed by atoms with van der Waals surface area (Å²) in [5, 5.41) is 6.66. The maximum Gasteiger partial charge on any atom is 0.152 e. The molecule has 1 aromatic rings. The maximum absolute atomic E-state index is 11.5. The lowest BCUT2D eigenvalue weighted by Crippen LogP contribution is -2.24. The minimum Gasteiger partial charge on any atom is -0.367 e. The number of aromatic nitrogens is 2. The Morgan fingerprint density at radius 1 is 0.952 bits per heavy atom. The summed E-state index contributed by atoms with van der Waals surface area (Å²) in [7, 11) is -2.87. The monoisotopic (exact) mass is 310 g/mol. The van der Waals surface area contributed by atoms with Crippen molar-refractivity contribution >= 4 is 21.5 Å². The lowest BCUT2D eigenvalue weighted by molar-refractivity contribution is 0.462. The first-order chi connectivity index (χ1) is 10.1. The van der Waals surface area contributed by atoms with Gasteiger partial charge in [-0.1, -0.05) is 19.3 Å². The van der Waals surface area contributed by atoms with E-state index in [1.54, 1.807) is 0 Å². The van der Waals surface area contributed by atoms with Gasteiger partial charge in [-0.05, 0) is 19.3 Å². The summed E-state index contributed by atoms with van der Waals surface area (Å²) in [6.07, 6.45) is 8.42. The molecule has 2 fully saturated rings. The highest BCUT2D eigenvalue weighted by atomic mass is 32.2. The van der Waals surface area contributed by atoms with Crippen LogP contribution in [-0.2, 0) is 9.84 Å². The number of nitrogens with one attached hydrogen (secondary N) is 2. The molecule has 0 bridgehead atoms. The van der Waals surface area contributed by atoms with E-state index in [4.69, 9.17) is 0 Å². The van der Waals surface area contributed by atoms with Gasteiger partial charge in [0.15, 0.2) is 9.84 Å². The highest BCUT2D eigenvalue weighted by Crippen LogP contribution is 2.22. The van der Waals surface area contributed by atoms with Crippen molar-refractivity contribution in [2.24, 2.45) is 0 Å². The molecule has 1 saturated heterocycles. The molecule has 1 aliphatic heterocycles. The largest absolute Gasteiger partial charge is 0.367 e. The topological polar surface area (TPSA) is 84.0 Å². The predicted molar refractivity (Wildman–Crippen MR) is 83.2 cm³/mol. The standard InChI is InChI=1S/C14H22N4O2S/c19-21(20)7-6-12(9-21)18-14-8-13(15-10-16-14)17-11-4-2-1-3-5-11/h8,10-12H,1-7,9H2,(H2,15,16,17,18). The van der Waals surface area contributed by atoms with Crippen LogP contribution in [0.1, 0.15) is 38.5 Å². The minimum atomic E-state index is -2.87. The van der Waals surface area contributed by atoms with E-state index >= 15 is 0 Å². The first-order valence-electron chi connectivity index (χ1n) is 7.66. The molecular weight excluding hydrogens is 288 g/mol. The summed E-state index contributed by atoms with van der Waals surface area (Å²) < 4.78 is 23.0. The molecule has 0 spiro atoms. The molecule has 1 atom stereocenters. The van der Waals surface area contributed by atoms with Gasteiger partial charge in [0.1, 0.15) is 18.0 Å². The van der Waals surface area contributed by atoms with Crippen LogP contribution in [0.3, 0.4) is 0 Å². The second-order valence-electron chi connectivity index (χ2n) is 6.01. The molecule has 0 amide bonds. The third-order valence-electron chi connectivity index (χ3n) is 4.21. The van der Waals surface area contributed by atoms with E-state index < -0.39 is 9.84 Å². The number of hydrogen-bond donors (Lipinski definition) is 2. The van der Waals surface area contributed by atoms with Gasteiger partial charge >= 0.3 is 0 Å². The number of sulfone groups is 1. The van der Waals surface area contributed by atoms with E-state index in [-0.39, 0.29) is 17.5 Å². The Morgan fingerprint density at radius 3 is 2.24 bits per heavy atom.